The number of anilines is 1. The van der Waals surface area contributed by atoms with Gasteiger partial charge in [0.25, 0.3) is 11.8 Å². The Morgan fingerprint density at radius 2 is 1.80 bits per heavy atom. The molecule has 10 nitrogen and oxygen atoms in total. The van der Waals surface area contributed by atoms with Gasteiger partial charge in [-0.25, -0.2) is 8.42 Å². The molecule has 3 heterocycles. The van der Waals surface area contributed by atoms with Crippen molar-refractivity contribution in [1.82, 2.24) is 24.3 Å². The molecule has 0 radical (unpaired) electrons. The van der Waals surface area contributed by atoms with Crippen molar-refractivity contribution in [3.8, 4) is 11.6 Å². The Morgan fingerprint density at radius 3 is 2.43 bits per heavy atom. The van der Waals surface area contributed by atoms with Gasteiger partial charge in [0.2, 0.25) is 10.0 Å². The Hall–Kier alpha value is -3.05. The summed E-state index contributed by atoms with van der Waals surface area (Å²) in [5.74, 6) is -0.292. The van der Waals surface area contributed by atoms with Gasteiger partial charge in [0.05, 0.1) is 4.90 Å². The first-order valence-corrected chi connectivity index (χ1v) is 11.1. The lowest BCUT2D eigenvalue weighted by atomic mass is 10.2. The van der Waals surface area contributed by atoms with Crippen molar-refractivity contribution in [2.24, 2.45) is 0 Å². The fraction of sp³-hybridized carbons (Fsp3) is 0.368. The standard InChI is InChI=1S/C19H22N6O4S/c1-13(2)25-12-9-16(23-25)18-21-22-19(29-18)20-17(26)14-5-7-15(8-6-14)30(27,28)24-10-3-4-11-24/h5-9,12-13H,3-4,10-11H2,1-2H3,(H,20,22,26). The van der Waals surface area contributed by atoms with Gasteiger partial charge in [0, 0.05) is 30.9 Å². The van der Waals surface area contributed by atoms with Gasteiger partial charge in [-0.3, -0.25) is 14.8 Å². The highest BCUT2D eigenvalue weighted by atomic mass is 32.2. The van der Waals surface area contributed by atoms with Crippen LogP contribution in [0, 0.1) is 0 Å². The molecule has 11 heteroatoms. The molecule has 1 amide bonds. The Morgan fingerprint density at radius 1 is 1.10 bits per heavy atom. The van der Waals surface area contributed by atoms with Gasteiger partial charge in [0.1, 0.15) is 5.69 Å². The molecule has 1 aliphatic rings. The topological polar surface area (TPSA) is 123 Å². The molecular weight excluding hydrogens is 408 g/mol. The highest BCUT2D eigenvalue weighted by Crippen LogP contribution is 2.22. The van der Waals surface area contributed by atoms with Crippen molar-refractivity contribution in [2.75, 3.05) is 18.4 Å². The van der Waals surface area contributed by atoms with Crippen LogP contribution in [-0.4, -0.2) is 51.7 Å². The second-order valence-corrected chi connectivity index (χ2v) is 9.21. The molecule has 1 aromatic carbocycles. The lowest BCUT2D eigenvalue weighted by molar-refractivity contribution is 0.102. The molecule has 158 valence electrons. The van der Waals surface area contributed by atoms with Gasteiger partial charge in [0.15, 0.2) is 0 Å². The summed E-state index contributed by atoms with van der Waals surface area (Å²) in [6.45, 7) is 5.05. The van der Waals surface area contributed by atoms with E-state index in [1.807, 2.05) is 13.8 Å². The van der Waals surface area contributed by atoms with Crippen molar-refractivity contribution in [1.29, 1.82) is 0 Å². The van der Waals surface area contributed by atoms with E-state index < -0.39 is 15.9 Å². The first-order valence-electron chi connectivity index (χ1n) is 9.65. The maximum atomic E-state index is 12.6. The van der Waals surface area contributed by atoms with Gasteiger partial charge in [-0.2, -0.15) is 9.40 Å². The molecule has 4 rings (SSSR count). The van der Waals surface area contributed by atoms with E-state index in [1.54, 1.807) is 16.9 Å². The first-order chi connectivity index (χ1) is 14.3. The number of nitrogens with zero attached hydrogens (tertiary/aromatic N) is 5. The summed E-state index contributed by atoms with van der Waals surface area (Å²) < 4.78 is 33.8. The number of carbonyl (C=O) groups is 1. The van der Waals surface area contributed by atoms with Gasteiger partial charge < -0.3 is 4.42 Å². The molecule has 0 bridgehead atoms. The Balaban J connectivity index is 1.44. The Labute approximate surface area is 174 Å². The lowest BCUT2D eigenvalue weighted by Crippen LogP contribution is -2.27. The lowest BCUT2D eigenvalue weighted by Gasteiger charge is -2.15. The zero-order chi connectivity index (χ0) is 21.3. The van der Waals surface area contributed by atoms with Crippen molar-refractivity contribution >= 4 is 21.9 Å². The largest absolute Gasteiger partial charge is 0.401 e. The van der Waals surface area contributed by atoms with Crippen LogP contribution in [0.3, 0.4) is 0 Å². The van der Waals surface area contributed by atoms with Crippen molar-refractivity contribution < 1.29 is 17.6 Å². The second-order valence-electron chi connectivity index (χ2n) is 7.28. The van der Waals surface area contributed by atoms with Crippen LogP contribution in [0.25, 0.3) is 11.6 Å². The van der Waals surface area contributed by atoms with Crippen LogP contribution in [-0.2, 0) is 10.0 Å². The number of rotatable bonds is 6. The van der Waals surface area contributed by atoms with E-state index in [9.17, 15) is 13.2 Å². The van der Waals surface area contributed by atoms with E-state index in [-0.39, 0.29) is 28.4 Å². The molecule has 2 aromatic heterocycles. The third-order valence-corrected chi connectivity index (χ3v) is 6.73. The van der Waals surface area contributed by atoms with E-state index in [2.05, 4.69) is 20.6 Å². The average molecular weight is 430 g/mol. The third kappa shape index (κ3) is 3.98. The highest BCUT2D eigenvalue weighted by molar-refractivity contribution is 7.89. The fourth-order valence-corrected chi connectivity index (χ4v) is 4.66. The smallest absolute Gasteiger partial charge is 0.322 e. The number of nitrogens with one attached hydrogen (secondary N) is 1. The minimum absolute atomic E-state index is 0.0668. The summed E-state index contributed by atoms with van der Waals surface area (Å²) >= 11 is 0. The van der Waals surface area contributed by atoms with Crippen LogP contribution < -0.4 is 5.32 Å². The van der Waals surface area contributed by atoms with E-state index in [1.165, 1.54) is 28.6 Å². The van der Waals surface area contributed by atoms with Crippen LogP contribution in [0.4, 0.5) is 6.01 Å². The summed E-state index contributed by atoms with van der Waals surface area (Å²) in [5.41, 5.74) is 0.785. The zero-order valence-electron chi connectivity index (χ0n) is 16.6. The highest BCUT2D eigenvalue weighted by Gasteiger charge is 2.27. The number of carbonyl (C=O) groups excluding carboxylic acids is 1. The van der Waals surface area contributed by atoms with E-state index >= 15 is 0 Å². The number of hydrogen-bond acceptors (Lipinski definition) is 7. The maximum Gasteiger partial charge on any atom is 0.322 e. The predicted octanol–water partition coefficient (Wildman–Crippen LogP) is 2.55. The minimum atomic E-state index is -3.52. The second kappa shape index (κ2) is 8.00. The monoisotopic (exact) mass is 430 g/mol. The van der Waals surface area contributed by atoms with Crippen molar-refractivity contribution in [3.63, 3.8) is 0 Å². The van der Waals surface area contributed by atoms with Gasteiger partial charge in [-0.1, -0.05) is 5.10 Å². The summed E-state index contributed by atoms with van der Waals surface area (Å²) in [4.78, 5) is 12.6. The minimum Gasteiger partial charge on any atom is -0.401 e. The molecule has 1 N–H and O–H groups in total. The van der Waals surface area contributed by atoms with E-state index in [0.29, 0.717) is 18.8 Å². The van der Waals surface area contributed by atoms with Crippen molar-refractivity contribution in [3.05, 3.63) is 42.1 Å². The molecule has 30 heavy (non-hydrogen) atoms. The summed E-state index contributed by atoms with van der Waals surface area (Å²) in [5, 5.41) is 14.6. The molecule has 0 atom stereocenters. The Bertz CT molecular complexity index is 1140. The third-order valence-electron chi connectivity index (χ3n) is 4.82. The van der Waals surface area contributed by atoms with Crippen LogP contribution in [0.15, 0.2) is 45.8 Å². The van der Waals surface area contributed by atoms with Crippen LogP contribution in [0.5, 0.6) is 0 Å². The summed E-state index contributed by atoms with van der Waals surface area (Å²) in [6, 6.07) is 7.65. The molecule has 0 unspecified atom stereocenters. The molecule has 1 fully saturated rings. The van der Waals surface area contributed by atoms with E-state index in [0.717, 1.165) is 12.8 Å². The average Bonchev–Trinajstić information content (AvgIpc) is 3.48. The maximum absolute atomic E-state index is 12.6. The van der Waals surface area contributed by atoms with Gasteiger partial charge in [-0.05, 0) is 57.0 Å². The predicted molar refractivity (Wildman–Crippen MR) is 108 cm³/mol. The summed E-state index contributed by atoms with van der Waals surface area (Å²) in [6.07, 6.45) is 3.54. The van der Waals surface area contributed by atoms with Crippen LogP contribution >= 0.6 is 0 Å². The first kappa shape index (κ1) is 20.2. The normalized spacial score (nSPS) is 15.0. The molecule has 1 aliphatic heterocycles. The number of amides is 1. The van der Waals surface area contributed by atoms with Gasteiger partial charge >= 0.3 is 6.01 Å². The van der Waals surface area contributed by atoms with Crippen molar-refractivity contribution in [2.45, 2.75) is 37.6 Å². The number of aromatic nitrogens is 4. The van der Waals surface area contributed by atoms with Gasteiger partial charge in [-0.15, -0.1) is 5.10 Å². The van der Waals surface area contributed by atoms with Crippen LogP contribution in [0.2, 0.25) is 0 Å². The molecule has 0 saturated carbocycles. The molecule has 0 spiro atoms. The summed E-state index contributed by atoms with van der Waals surface area (Å²) in [7, 11) is -3.52. The van der Waals surface area contributed by atoms with E-state index in [4.69, 9.17) is 4.42 Å². The Kier molecular flexibility index (Phi) is 5.39. The molecule has 3 aromatic rings. The zero-order valence-corrected chi connectivity index (χ0v) is 17.5. The molecule has 0 aliphatic carbocycles. The molecule has 1 saturated heterocycles. The van der Waals surface area contributed by atoms with Crippen LogP contribution in [0.1, 0.15) is 43.1 Å². The number of hydrogen-bond donors (Lipinski definition) is 1. The fourth-order valence-electron chi connectivity index (χ4n) is 3.14. The number of sulfonamides is 1. The number of benzene rings is 1. The SMILES string of the molecule is CC(C)n1ccc(-c2nnc(NC(=O)c3ccc(S(=O)(=O)N4CCCC4)cc3)o2)n1. The molecular formula is C19H22N6O4S. The quantitative estimate of drug-likeness (QED) is 0.637.